The molecule has 0 aromatic heterocycles. The van der Waals surface area contributed by atoms with Gasteiger partial charge >= 0.3 is 47.8 Å². The summed E-state index contributed by atoms with van der Waals surface area (Å²) in [5.41, 5.74) is -0.345. The van der Waals surface area contributed by atoms with Gasteiger partial charge in [0.15, 0.2) is 0 Å². The van der Waals surface area contributed by atoms with Gasteiger partial charge in [-0.2, -0.15) is 0 Å². The van der Waals surface area contributed by atoms with E-state index in [0.717, 1.165) is 50.7 Å². The molecule has 10 aliphatic rings. The fraction of sp³-hybridized carbons (Fsp3) is 0.581. The highest BCUT2D eigenvalue weighted by molar-refractivity contribution is 6.05. The molecule has 8 aliphatic carbocycles. The molecule has 0 spiro atoms. The molecule has 0 aromatic rings. The Morgan fingerprint density at radius 3 is 1.39 bits per heavy atom. The highest BCUT2D eigenvalue weighted by Crippen LogP contribution is 2.52. The van der Waals surface area contributed by atoms with Crippen LogP contribution in [0.4, 0.5) is 0 Å². The molecule has 5 fully saturated rings. The van der Waals surface area contributed by atoms with Crippen LogP contribution in [0.15, 0.2) is 60.8 Å². The molecule has 12 unspecified atom stereocenters. The van der Waals surface area contributed by atoms with Crippen LogP contribution in [0.3, 0.4) is 0 Å². The molecule has 8 bridgehead atoms. The molecule has 1 saturated heterocycles. The highest BCUT2D eigenvalue weighted by Gasteiger charge is 2.58. The van der Waals surface area contributed by atoms with E-state index in [1.165, 1.54) is 7.11 Å². The zero-order valence-corrected chi connectivity index (χ0v) is 32.4. The molecule has 0 radical (unpaired) electrons. The van der Waals surface area contributed by atoms with Gasteiger partial charge in [0.2, 0.25) is 0 Å². The molecule has 0 amide bonds. The normalized spacial score (nSPS) is 37.9. The Morgan fingerprint density at radius 2 is 1.02 bits per heavy atom. The number of cyclic esters (lactones) is 4. The summed E-state index contributed by atoms with van der Waals surface area (Å²) in [4.78, 5) is 86.9. The van der Waals surface area contributed by atoms with Gasteiger partial charge in [0.1, 0.15) is 5.60 Å². The second-order valence-corrected chi connectivity index (χ2v) is 17.3. The van der Waals surface area contributed by atoms with Gasteiger partial charge in [-0.25, -0.2) is 9.59 Å². The summed E-state index contributed by atoms with van der Waals surface area (Å²) in [7, 11) is 1.30. The van der Waals surface area contributed by atoms with Crippen LogP contribution in [-0.4, -0.2) is 70.7 Å². The van der Waals surface area contributed by atoms with Crippen LogP contribution in [0.5, 0.6) is 0 Å². The number of ether oxygens (including phenoxy) is 4. The van der Waals surface area contributed by atoms with Crippen molar-refractivity contribution in [3.05, 3.63) is 60.8 Å². The first-order chi connectivity index (χ1) is 26.9. The van der Waals surface area contributed by atoms with Crippen LogP contribution >= 0.6 is 0 Å². The van der Waals surface area contributed by atoms with Gasteiger partial charge in [0.25, 0.3) is 0 Å². The zero-order valence-electron chi connectivity index (χ0n) is 32.4. The van der Waals surface area contributed by atoms with Crippen molar-refractivity contribution in [3.63, 3.8) is 0 Å². The minimum atomic E-state index is -0.891. The first-order valence-corrected chi connectivity index (χ1v) is 19.6. The van der Waals surface area contributed by atoms with Gasteiger partial charge in [0.05, 0.1) is 42.6 Å². The highest BCUT2D eigenvalue weighted by atomic mass is 16.6. The number of carbonyl (C=O) groups excluding carboxylic acids is 6. The van der Waals surface area contributed by atoms with E-state index in [1.54, 1.807) is 0 Å². The minimum Gasteiger partial charge on any atom is -0.481 e. The smallest absolute Gasteiger partial charge is 0.338 e. The first-order valence-electron chi connectivity index (χ1n) is 19.6. The van der Waals surface area contributed by atoms with Crippen molar-refractivity contribution in [2.24, 2.45) is 82.9 Å². The summed E-state index contributed by atoms with van der Waals surface area (Å²) in [5, 5.41) is 17.7. The fourth-order valence-electron chi connectivity index (χ4n) is 10.1. The number of allylic oxidation sites excluding steroid dienone is 8. The summed E-state index contributed by atoms with van der Waals surface area (Å²) in [6.07, 6.45) is 24.6. The van der Waals surface area contributed by atoms with Gasteiger partial charge < -0.3 is 29.2 Å². The molecule has 4 saturated carbocycles. The Balaban J connectivity index is 0.000000122. The monoisotopic (exact) mass is 790 g/mol. The SMILES string of the molecule is CC(C)(C)OC(=O)C1CC2C=CC1C2.COC(=O)C1C2C=CC(C2)C1C(=O)O.O=C(O)C1CC2C=CC1C2.O=C1C=CC(=O)O1.O=C1OC(=O)C2C1[C@@H]1C=C[C@H]2C1. The van der Waals surface area contributed by atoms with Crippen molar-refractivity contribution in [2.75, 3.05) is 7.11 Å². The molecular formula is C43H50O14. The fourth-order valence-corrected chi connectivity index (χ4v) is 10.1. The Labute approximate surface area is 330 Å². The van der Waals surface area contributed by atoms with E-state index in [-0.39, 0.29) is 70.9 Å². The van der Waals surface area contributed by atoms with E-state index in [0.29, 0.717) is 23.7 Å². The molecule has 306 valence electrons. The molecule has 10 rings (SSSR count). The third kappa shape index (κ3) is 9.20. The first kappa shape index (κ1) is 41.5. The van der Waals surface area contributed by atoms with E-state index in [1.807, 2.05) is 45.1 Å². The Kier molecular flexibility index (Phi) is 12.2. The molecule has 57 heavy (non-hydrogen) atoms. The number of fused-ring (bicyclic) bond motifs is 11. The number of esters is 6. The molecule has 2 N–H and O–H groups in total. The van der Waals surface area contributed by atoms with Gasteiger partial charge in [-0.3, -0.25) is 28.8 Å². The Morgan fingerprint density at radius 1 is 0.561 bits per heavy atom. The third-order valence-electron chi connectivity index (χ3n) is 12.6. The summed E-state index contributed by atoms with van der Waals surface area (Å²) < 4.78 is 18.6. The van der Waals surface area contributed by atoms with E-state index >= 15 is 0 Å². The minimum absolute atomic E-state index is 0.00523. The van der Waals surface area contributed by atoms with Crippen LogP contribution < -0.4 is 0 Å². The third-order valence-corrected chi connectivity index (χ3v) is 12.6. The van der Waals surface area contributed by atoms with Crippen LogP contribution in [0.25, 0.3) is 0 Å². The van der Waals surface area contributed by atoms with Gasteiger partial charge in [0, 0.05) is 12.2 Å². The molecule has 14 nitrogen and oxygen atoms in total. The standard InChI is InChI=1S/C12H18O2.C10H12O4.C9H8O3.C8H10O2.C4H2O3/c1-12(2,3)14-11(13)10-7-8-4-5-9(10)6-8;1-14-10(13)8-6-3-2-5(4-6)7(8)9(11)12;10-8-6-4-1-2-5(3-4)7(6)9(11)12-8;9-8(10)7-4-5-1-2-6(7)3-5;5-3-1-2-4(6)7-3/h4-5,8-10H,6-7H2,1-3H3;2-3,5-8H,4H2,1H3,(H,11,12);1-2,4-7H,3H2;1-2,5-7H,3-4H2,(H,9,10);1-2H/t;;4-,5+,6?,7?;;. The average molecular weight is 791 g/mol. The number of hydrogen-bond donors (Lipinski definition) is 2. The number of carboxylic acid groups (broad SMARTS) is 2. The van der Waals surface area contributed by atoms with Crippen molar-refractivity contribution in [1.82, 2.24) is 0 Å². The van der Waals surface area contributed by atoms with Crippen molar-refractivity contribution in [1.29, 1.82) is 0 Å². The maximum atomic E-state index is 11.8. The van der Waals surface area contributed by atoms with Crippen LogP contribution in [0.1, 0.15) is 59.3 Å². The van der Waals surface area contributed by atoms with E-state index in [4.69, 9.17) is 14.9 Å². The predicted molar refractivity (Wildman–Crippen MR) is 198 cm³/mol. The van der Waals surface area contributed by atoms with Crippen molar-refractivity contribution >= 4 is 47.8 Å². The molecule has 14 heteroatoms. The zero-order chi connectivity index (χ0) is 41.3. The van der Waals surface area contributed by atoms with Crippen molar-refractivity contribution in [3.8, 4) is 0 Å². The quantitative estimate of drug-likeness (QED) is 0.172. The second-order valence-electron chi connectivity index (χ2n) is 17.3. The Bertz CT molecular complexity index is 1780. The van der Waals surface area contributed by atoms with Gasteiger partial charge in [-0.05, 0) is 107 Å². The summed E-state index contributed by atoms with van der Waals surface area (Å²) in [5.74, 6) is -2.32. The summed E-state index contributed by atoms with van der Waals surface area (Å²) >= 11 is 0. The largest absolute Gasteiger partial charge is 0.481 e. The van der Waals surface area contributed by atoms with Crippen LogP contribution in [-0.2, 0) is 57.3 Å². The molecule has 0 aromatic carbocycles. The maximum absolute atomic E-state index is 11.8. The Hall–Kier alpha value is -5.14. The maximum Gasteiger partial charge on any atom is 0.338 e. The average Bonchev–Trinajstić information content (AvgIpc) is 4.00. The molecular weight excluding hydrogens is 740 g/mol. The van der Waals surface area contributed by atoms with Gasteiger partial charge in [-0.15, -0.1) is 0 Å². The van der Waals surface area contributed by atoms with Crippen LogP contribution in [0.2, 0.25) is 0 Å². The second kappa shape index (κ2) is 16.8. The van der Waals surface area contributed by atoms with Crippen LogP contribution in [0, 0.1) is 82.9 Å². The van der Waals surface area contributed by atoms with Gasteiger partial charge in [-0.1, -0.05) is 48.6 Å². The van der Waals surface area contributed by atoms with E-state index < -0.39 is 41.7 Å². The molecule has 2 aliphatic heterocycles. The summed E-state index contributed by atoms with van der Waals surface area (Å²) in [6, 6.07) is 0. The number of aliphatic carboxylic acids is 2. The number of methoxy groups -OCH3 is 1. The number of rotatable bonds is 4. The van der Waals surface area contributed by atoms with E-state index in [9.17, 15) is 38.4 Å². The van der Waals surface area contributed by atoms with Crippen molar-refractivity contribution in [2.45, 2.75) is 64.9 Å². The summed E-state index contributed by atoms with van der Waals surface area (Å²) in [6.45, 7) is 5.77. The predicted octanol–water partition coefficient (Wildman–Crippen LogP) is 4.64. The number of carboxylic acids is 2. The molecule has 14 atom stereocenters. The lowest BCUT2D eigenvalue weighted by Crippen LogP contribution is -2.33. The number of carbonyl (C=O) groups is 8. The van der Waals surface area contributed by atoms with E-state index in [2.05, 4.69) is 38.5 Å². The lowest BCUT2D eigenvalue weighted by molar-refractivity contribution is -0.161. The number of hydrogen-bond acceptors (Lipinski definition) is 12. The lowest BCUT2D eigenvalue weighted by Gasteiger charge is -2.24. The topological polar surface area (TPSA) is 214 Å². The van der Waals surface area contributed by atoms with Crippen molar-refractivity contribution < 1.29 is 67.5 Å². The lowest BCUT2D eigenvalue weighted by atomic mass is 9.83. The molecule has 2 heterocycles.